The van der Waals surface area contributed by atoms with Gasteiger partial charge in [-0.1, -0.05) is 28.1 Å². The van der Waals surface area contributed by atoms with Crippen molar-refractivity contribution in [2.24, 2.45) is 0 Å². The van der Waals surface area contributed by atoms with E-state index in [2.05, 4.69) is 21.2 Å². The van der Waals surface area contributed by atoms with E-state index in [1.165, 1.54) is 0 Å². The van der Waals surface area contributed by atoms with E-state index >= 15 is 0 Å². The first-order valence-corrected chi connectivity index (χ1v) is 10.2. The van der Waals surface area contributed by atoms with Crippen LogP contribution in [0.4, 0.5) is 5.69 Å². The largest absolute Gasteiger partial charge is 0.497 e. The third kappa shape index (κ3) is 4.60. The van der Waals surface area contributed by atoms with Crippen LogP contribution in [0.1, 0.15) is 27.0 Å². The molecule has 0 aliphatic rings. The second-order valence-corrected chi connectivity index (χ2v) is 7.60. The lowest BCUT2D eigenvalue weighted by Gasteiger charge is -2.16. The van der Waals surface area contributed by atoms with Crippen molar-refractivity contribution in [3.05, 3.63) is 81.3 Å². The molecule has 0 bridgehead atoms. The van der Waals surface area contributed by atoms with E-state index in [-0.39, 0.29) is 5.78 Å². The molecule has 1 N–H and O–H groups in total. The van der Waals surface area contributed by atoms with Crippen LogP contribution in [0.25, 0.3) is 0 Å². The SMILES string of the molecule is COc1ccc(CNc2ccc(Br)cc2C(=O)c2cccc(OC)c2C)c(OC)c1. The molecular formula is C24H24BrNO4. The zero-order chi connectivity index (χ0) is 21.7. The summed E-state index contributed by atoms with van der Waals surface area (Å²) in [7, 11) is 4.84. The van der Waals surface area contributed by atoms with Gasteiger partial charge in [0.05, 0.1) is 21.3 Å². The number of nitrogens with one attached hydrogen (secondary N) is 1. The predicted molar refractivity (Wildman–Crippen MR) is 122 cm³/mol. The molecule has 5 nitrogen and oxygen atoms in total. The molecule has 3 aromatic rings. The Labute approximate surface area is 185 Å². The lowest BCUT2D eigenvalue weighted by molar-refractivity contribution is 0.103. The molecule has 0 heterocycles. The number of benzene rings is 3. The highest BCUT2D eigenvalue weighted by Crippen LogP contribution is 2.30. The maximum atomic E-state index is 13.4. The molecule has 0 aromatic heterocycles. The van der Waals surface area contributed by atoms with Gasteiger partial charge >= 0.3 is 0 Å². The molecular weight excluding hydrogens is 446 g/mol. The predicted octanol–water partition coefficient (Wildman–Crippen LogP) is 5.63. The first kappa shape index (κ1) is 21.7. The average Bonchev–Trinajstić information content (AvgIpc) is 2.77. The van der Waals surface area contributed by atoms with Crippen LogP contribution < -0.4 is 19.5 Å². The highest BCUT2D eigenvalue weighted by Gasteiger charge is 2.18. The minimum atomic E-state index is -0.0723. The van der Waals surface area contributed by atoms with E-state index in [0.29, 0.717) is 23.4 Å². The third-order valence-corrected chi connectivity index (χ3v) is 5.43. The van der Waals surface area contributed by atoms with E-state index < -0.39 is 0 Å². The molecule has 0 atom stereocenters. The summed E-state index contributed by atoms with van der Waals surface area (Å²) >= 11 is 3.48. The molecule has 0 radical (unpaired) electrons. The van der Waals surface area contributed by atoms with Gasteiger partial charge in [0, 0.05) is 45.0 Å². The molecule has 0 aliphatic carbocycles. The highest BCUT2D eigenvalue weighted by molar-refractivity contribution is 9.10. The van der Waals surface area contributed by atoms with Crippen LogP contribution in [0.2, 0.25) is 0 Å². The van der Waals surface area contributed by atoms with E-state index in [1.807, 2.05) is 61.5 Å². The highest BCUT2D eigenvalue weighted by atomic mass is 79.9. The fourth-order valence-electron chi connectivity index (χ4n) is 3.27. The van der Waals surface area contributed by atoms with Crippen LogP contribution in [-0.2, 0) is 6.54 Å². The number of rotatable bonds is 8. The Morgan fingerprint density at radius 1 is 0.900 bits per heavy atom. The average molecular weight is 470 g/mol. The molecule has 0 amide bonds. The number of anilines is 1. The summed E-state index contributed by atoms with van der Waals surface area (Å²) in [4.78, 5) is 13.4. The summed E-state index contributed by atoms with van der Waals surface area (Å²) < 4.78 is 16.9. The molecule has 3 aromatic carbocycles. The van der Waals surface area contributed by atoms with Crippen molar-refractivity contribution in [1.82, 2.24) is 0 Å². The number of hydrogen-bond donors (Lipinski definition) is 1. The van der Waals surface area contributed by atoms with E-state index in [4.69, 9.17) is 14.2 Å². The minimum Gasteiger partial charge on any atom is -0.497 e. The van der Waals surface area contributed by atoms with Crippen LogP contribution in [-0.4, -0.2) is 27.1 Å². The monoisotopic (exact) mass is 469 g/mol. The van der Waals surface area contributed by atoms with Crippen LogP contribution in [0.5, 0.6) is 17.2 Å². The second-order valence-electron chi connectivity index (χ2n) is 6.68. The van der Waals surface area contributed by atoms with Gasteiger partial charge in [0.25, 0.3) is 0 Å². The van der Waals surface area contributed by atoms with Crippen LogP contribution in [0.3, 0.4) is 0 Å². The Morgan fingerprint density at radius 2 is 1.67 bits per heavy atom. The normalized spacial score (nSPS) is 10.4. The summed E-state index contributed by atoms with van der Waals surface area (Å²) in [5.41, 5.74) is 3.69. The van der Waals surface area contributed by atoms with Crippen LogP contribution in [0.15, 0.2) is 59.1 Å². The standard InChI is InChI=1S/C24H24BrNO4/c1-15-19(6-5-7-22(15)29-3)24(27)20-12-17(25)9-11-21(20)26-14-16-8-10-18(28-2)13-23(16)30-4/h5-13,26H,14H2,1-4H3. The maximum absolute atomic E-state index is 13.4. The number of ether oxygens (including phenoxy) is 3. The van der Waals surface area contributed by atoms with Gasteiger partial charge in [-0.2, -0.15) is 0 Å². The zero-order valence-electron chi connectivity index (χ0n) is 17.4. The van der Waals surface area contributed by atoms with Gasteiger partial charge in [-0.3, -0.25) is 4.79 Å². The number of carbonyl (C=O) groups excluding carboxylic acids is 1. The molecule has 0 aliphatic heterocycles. The zero-order valence-corrected chi connectivity index (χ0v) is 19.0. The van der Waals surface area contributed by atoms with Crippen molar-refractivity contribution < 1.29 is 19.0 Å². The Hall–Kier alpha value is -2.99. The summed E-state index contributed by atoms with van der Waals surface area (Å²) in [6.45, 7) is 2.38. The second kappa shape index (κ2) is 9.67. The molecule has 30 heavy (non-hydrogen) atoms. The van der Waals surface area contributed by atoms with Gasteiger partial charge in [-0.15, -0.1) is 0 Å². The minimum absolute atomic E-state index is 0.0723. The Bertz CT molecular complexity index is 1070. The first-order chi connectivity index (χ1) is 14.5. The van der Waals surface area contributed by atoms with Crippen LogP contribution in [0, 0.1) is 6.92 Å². The summed E-state index contributed by atoms with van der Waals surface area (Å²) in [5, 5.41) is 3.37. The van der Waals surface area contributed by atoms with Gasteiger partial charge in [-0.05, 0) is 43.3 Å². The van der Waals surface area contributed by atoms with E-state index in [1.54, 1.807) is 21.3 Å². The fraction of sp³-hybridized carbons (Fsp3) is 0.208. The van der Waals surface area contributed by atoms with Crippen molar-refractivity contribution in [1.29, 1.82) is 0 Å². The molecule has 3 rings (SSSR count). The van der Waals surface area contributed by atoms with Crippen molar-refractivity contribution in [2.45, 2.75) is 13.5 Å². The van der Waals surface area contributed by atoms with Crippen molar-refractivity contribution in [3.8, 4) is 17.2 Å². The van der Waals surface area contributed by atoms with Gasteiger partial charge in [0.15, 0.2) is 5.78 Å². The molecule has 0 fully saturated rings. The van der Waals surface area contributed by atoms with Gasteiger partial charge in [0.1, 0.15) is 17.2 Å². The molecule has 6 heteroatoms. The maximum Gasteiger partial charge on any atom is 0.195 e. The summed E-state index contributed by atoms with van der Waals surface area (Å²) in [5.74, 6) is 2.06. The molecule has 156 valence electrons. The quantitative estimate of drug-likeness (QED) is 0.433. The Morgan fingerprint density at radius 3 is 2.37 bits per heavy atom. The van der Waals surface area contributed by atoms with Gasteiger partial charge in [0.2, 0.25) is 0 Å². The number of methoxy groups -OCH3 is 3. The number of hydrogen-bond acceptors (Lipinski definition) is 5. The third-order valence-electron chi connectivity index (χ3n) is 4.94. The van der Waals surface area contributed by atoms with Gasteiger partial charge in [-0.25, -0.2) is 0 Å². The topological polar surface area (TPSA) is 56.8 Å². The van der Waals surface area contributed by atoms with Crippen LogP contribution >= 0.6 is 15.9 Å². The Kier molecular flexibility index (Phi) is 7.00. The van der Waals surface area contributed by atoms with E-state index in [0.717, 1.165) is 32.8 Å². The van der Waals surface area contributed by atoms with Crippen molar-refractivity contribution in [3.63, 3.8) is 0 Å². The van der Waals surface area contributed by atoms with Crippen molar-refractivity contribution >= 4 is 27.4 Å². The molecule has 0 unspecified atom stereocenters. The Balaban J connectivity index is 1.92. The molecule has 0 spiro atoms. The van der Waals surface area contributed by atoms with Gasteiger partial charge < -0.3 is 19.5 Å². The number of halogens is 1. The number of ketones is 1. The molecule has 0 saturated carbocycles. The smallest absolute Gasteiger partial charge is 0.195 e. The summed E-state index contributed by atoms with van der Waals surface area (Å²) in [6, 6.07) is 16.8. The van der Waals surface area contributed by atoms with E-state index in [9.17, 15) is 4.79 Å². The first-order valence-electron chi connectivity index (χ1n) is 9.41. The van der Waals surface area contributed by atoms with Crippen molar-refractivity contribution in [2.75, 3.05) is 26.6 Å². The lowest BCUT2D eigenvalue weighted by Crippen LogP contribution is -2.10. The number of carbonyl (C=O) groups is 1. The lowest BCUT2D eigenvalue weighted by atomic mass is 9.97. The molecule has 0 saturated heterocycles. The summed E-state index contributed by atoms with van der Waals surface area (Å²) in [6.07, 6.45) is 0. The fourth-order valence-corrected chi connectivity index (χ4v) is 3.63.